The van der Waals surface area contributed by atoms with E-state index in [-0.39, 0.29) is 11.4 Å². The summed E-state index contributed by atoms with van der Waals surface area (Å²) in [6, 6.07) is 0.484. The molecule has 3 aliphatic heterocycles. The minimum Gasteiger partial charge on any atom is -0.342 e. The molecule has 4 rings (SSSR count). The summed E-state index contributed by atoms with van der Waals surface area (Å²) < 4.78 is 0. The van der Waals surface area contributed by atoms with Gasteiger partial charge in [0.1, 0.15) is 5.17 Å². The van der Waals surface area contributed by atoms with Gasteiger partial charge >= 0.3 is 0 Å². The topological polar surface area (TPSA) is 44.7 Å². The number of carbonyl (C=O) groups excluding carboxylic acids is 1. The quantitative estimate of drug-likeness (QED) is 0.844. The highest BCUT2D eigenvalue weighted by Gasteiger charge is 2.50. The predicted molar refractivity (Wildman–Crippen MR) is 92.8 cm³/mol. The third-order valence-electron chi connectivity index (χ3n) is 5.81. The molecule has 5 heteroatoms. The van der Waals surface area contributed by atoms with Crippen molar-refractivity contribution >= 4 is 22.7 Å². The minimum atomic E-state index is -0.0575. The van der Waals surface area contributed by atoms with Crippen LogP contribution in [-0.4, -0.2) is 47.2 Å². The number of dihydropyridines is 1. The fraction of sp³-hybridized carbons (Fsp3) is 0.667. The third kappa shape index (κ3) is 2.66. The zero-order valence-corrected chi connectivity index (χ0v) is 14.4. The molecule has 0 bridgehead atoms. The molecule has 124 valence electrons. The van der Waals surface area contributed by atoms with Gasteiger partial charge in [-0.1, -0.05) is 23.3 Å². The number of allylic oxidation sites excluding steroid dienone is 1. The first kappa shape index (κ1) is 15.4. The molecule has 4 aliphatic rings. The van der Waals surface area contributed by atoms with Crippen LogP contribution in [0.3, 0.4) is 0 Å². The van der Waals surface area contributed by atoms with Gasteiger partial charge in [0.25, 0.3) is 0 Å². The second-order valence-corrected chi connectivity index (χ2v) is 7.85. The van der Waals surface area contributed by atoms with Gasteiger partial charge in [-0.25, -0.2) is 0 Å². The Labute approximate surface area is 142 Å². The molecular formula is C18H24ClN3O. The molecule has 3 atom stereocenters. The summed E-state index contributed by atoms with van der Waals surface area (Å²) in [5.41, 5.74) is 2.43. The zero-order valence-electron chi connectivity index (χ0n) is 13.6. The maximum absolute atomic E-state index is 12.5. The van der Waals surface area contributed by atoms with Gasteiger partial charge in [-0.3, -0.25) is 9.79 Å². The van der Waals surface area contributed by atoms with Gasteiger partial charge in [0.15, 0.2) is 0 Å². The van der Waals surface area contributed by atoms with Crippen LogP contribution in [0.15, 0.2) is 28.3 Å². The van der Waals surface area contributed by atoms with Crippen LogP contribution in [0.4, 0.5) is 0 Å². The monoisotopic (exact) mass is 333 g/mol. The van der Waals surface area contributed by atoms with Gasteiger partial charge < -0.3 is 10.2 Å². The van der Waals surface area contributed by atoms with Gasteiger partial charge in [0, 0.05) is 25.6 Å². The van der Waals surface area contributed by atoms with E-state index in [1.165, 1.54) is 11.1 Å². The van der Waals surface area contributed by atoms with Crippen LogP contribution in [-0.2, 0) is 4.79 Å². The van der Waals surface area contributed by atoms with Crippen LogP contribution >= 0.6 is 11.6 Å². The lowest BCUT2D eigenvalue weighted by molar-refractivity contribution is -0.129. The van der Waals surface area contributed by atoms with Gasteiger partial charge in [0.2, 0.25) is 5.91 Å². The Bertz CT molecular complexity index is 618. The predicted octanol–water partition coefficient (Wildman–Crippen LogP) is 2.64. The lowest BCUT2D eigenvalue weighted by Crippen LogP contribution is -2.53. The molecule has 4 nitrogen and oxygen atoms in total. The number of rotatable bonds is 2. The number of hydrogen-bond donors (Lipinski definition) is 1. The molecule has 1 amide bonds. The molecule has 0 aromatic rings. The summed E-state index contributed by atoms with van der Waals surface area (Å²) in [5, 5.41) is 4.32. The number of hydrogen-bond acceptors (Lipinski definition) is 3. The first-order valence-electron chi connectivity index (χ1n) is 8.74. The van der Waals surface area contributed by atoms with Crippen molar-refractivity contribution in [3.8, 4) is 0 Å². The fourth-order valence-corrected chi connectivity index (χ4v) is 4.93. The number of amides is 1. The van der Waals surface area contributed by atoms with E-state index in [0.29, 0.717) is 23.6 Å². The van der Waals surface area contributed by atoms with Crippen molar-refractivity contribution in [1.82, 2.24) is 10.2 Å². The Balaban J connectivity index is 1.59. The van der Waals surface area contributed by atoms with Gasteiger partial charge in [-0.05, 0) is 50.2 Å². The van der Waals surface area contributed by atoms with Crippen LogP contribution in [0.1, 0.15) is 39.0 Å². The third-order valence-corrected chi connectivity index (χ3v) is 6.04. The molecule has 3 heterocycles. The zero-order chi connectivity index (χ0) is 16.0. The molecule has 2 fully saturated rings. The molecule has 0 radical (unpaired) electrons. The first-order chi connectivity index (χ1) is 11.1. The van der Waals surface area contributed by atoms with Gasteiger partial charge in [-0.15, -0.1) is 0 Å². The van der Waals surface area contributed by atoms with E-state index in [9.17, 15) is 4.79 Å². The van der Waals surface area contributed by atoms with E-state index < -0.39 is 0 Å². The number of halogens is 1. The second-order valence-electron chi connectivity index (χ2n) is 7.46. The molecule has 3 unspecified atom stereocenters. The number of likely N-dealkylation sites (tertiary alicyclic amines) is 1. The summed E-state index contributed by atoms with van der Waals surface area (Å²) in [6.07, 6.45) is 9.20. The van der Waals surface area contributed by atoms with E-state index in [1.54, 1.807) is 0 Å². The van der Waals surface area contributed by atoms with E-state index >= 15 is 0 Å². The summed E-state index contributed by atoms with van der Waals surface area (Å²) in [6.45, 7) is 4.81. The summed E-state index contributed by atoms with van der Waals surface area (Å²) in [4.78, 5) is 19.0. The minimum absolute atomic E-state index is 0.0575. The Morgan fingerprint density at radius 1 is 1.43 bits per heavy atom. The number of carbonyl (C=O) groups is 1. The van der Waals surface area contributed by atoms with Crippen LogP contribution in [0.5, 0.6) is 0 Å². The highest BCUT2D eigenvalue weighted by molar-refractivity contribution is 6.68. The Hall–Kier alpha value is -1.13. The molecule has 0 aromatic heterocycles. The Kier molecular flexibility index (Phi) is 3.85. The van der Waals surface area contributed by atoms with Crippen molar-refractivity contribution in [2.24, 2.45) is 10.9 Å². The van der Waals surface area contributed by atoms with Crippen LogP contribution in [0.2, 0.25) is 0 Å². The molecule has 0 saturated carbocycles. The van der Waals surface area contributed by atoms with Crippen molar-refractivity contribution in [3.05, 3.63) is 23.3 Å². The average molecular weight is 334 g/mol. The van der Waals surface area contributed by atoms with Crippen molar-refractivity contribution in [2.45, 2.75) is 50.6 Å². The Morgan fingerprint density at radius 3 is 3.00 bits per heavy atom. The van der Waals surface area contributed by atoms with Crippen LogP contribution < -0.4 is 5.32 Å². The number of nitrogens with zero attached hydrogens (tertiary/aromatic N) is 2. The maximum atomic E-state index is 12.5. The summed E-state index contributed by atoms with van der Waals surface area (Å²) in [7, 11) is 0. The first-order valence-corrected chi connectivity index (χ1v) is 9.12. The van der Waals surface area contributed by atoms with Crippen LogP contribution in [0, 0.1) is 5.92 Å². The van der Waals surface area contributed by atoms with Crippen molar-refractivity contribution in [1.29, 1.82) is 0 Å². The van der Waals surface area contributed by atoms with Crippen molar-refractivity contribution in [2.75, 3.05) is 19.6 Å². The smallest absolute Gasteiger partial charge is 0.226 e. The fourth-order valence-electron chi connectivity index (χ4n) is 4.75. The Morgan fingerprint density at radius 2 is 2.22 bits per heavy atom. The van der Waals surface area contributed by atoms with Crippen molar-refractivity contribution < 1.29 is 4.79 Å². The molecule has 1 N–H and O–H groups in total. The molecule has 1 spiro atoms. The molecule has 0 aromatic carbocycles. The SMILES string of the molecule is CC1CC2CC(CC(=O)N3CCCC3)=CC3=CC(Cl)=NCC32N1. The summed E-state index contributed by atoms with van der Waals surface area (Å²) in [5.74, 6) is 0.806. The summed E-state index contributed by atoms with van der Waals surface area (Å²) >= 11 is 6.16. The van der Waals surface area contributed by atoms with Crippen molar-refractivity contribution in [3.63, 3.8) is 0 Å². The van der Waals surface area contributed by atoms with E-state index in [4.69, 9.17) is 11.6 Å². The van der Waals surface area contributed by atoms with E-state index in [1.807, 2.05) is 11.0 Å². The van der Waals surface area contributed by atoms with Crippen LogP contribution in [0.25, 0.3) is 0 Å². The van der Waals surface area contributed by atoms with Gasteiger partial charge in [-0.2, -0.15) is 0 Å². The van der Waals surface area contributed by atoms with E-state index in [2.05, 4.69) is 23.3 Å². The molecule has 1 aliphatic carbocycles. The van der Waals surface area contributed by atoms with Gasteiger partial charge in [0.05, 0.1) is 12.1 Å². The standard InChI is InChI=1S/C18H24ClN3O/c1-12-6-14-7-13(9-17(23)22-4-2-3-5-22)8-15-10-16(19)20-11-18(14,15)21-12/h8,10,12,14,21H,2-7,9,11H2,1H3. The maximum Gasteiger partial charge on any atom is 0.226 e. The highest BCUT2D eigenvalue weighted by atomic mass is 35.5. The average Bonchev–Trinajstić information content (AvgIpc) is 3.12. The van der Waals surface area contributed by atoms with E-state index in [0.717, 1.165) is 45.3 Å². The largest absolute Gasteiger partial charge is 0.342 e. The molecular weight excluding hydrogens is 310 g/mol. The normalized spacial score (nSPS) is 36.1. The second kappa shape index (κ2) is 5.75. The lowest BCUT2D eigenvalue weighted by atomic mass is 9.70. The number of aliphatic imine (C=N–C) groups is 1. The highest BCUT2D eigenvalue weighted by Crippen LogP contribution is 2.46. The molecule has 23 heavy (non-hydrogen) atoms. The number of nitrogens with one attached hydrogen (secondary N) is 1. The molecule has 2 saturated heterocycles. The lowest BCUT2D eigenvalue weighted by Gasteiger charge is -2.41.